The van der Waals surface area contributed by atoms with Crippen LogP contribution in [0.1, 0.15) is 12.5 Å². The summed E-state index contributed by atoms with van der Waals surface area (Å²) < 4.78 is 2.46. The van der Waals surface area contributed by atoms with E-state index >= 15 is 0 Å². The summed E-state index contributed by atoms with van der Waals surface area (Å²) in [5.74, 6) is -0.203. The number of carbonyl (C=O) groups excluding carboxylic acids is 1. The van der Waals surface area contributed by atoms with Gasteiger partial charge in [0.15, 0.2) is 0 Å². The molecule has 1 amide bonds. The predicted octanol–water partition coefficient (Wildman–Crippen LogP) is -0.121. The highest BCUT2D eigenvalue weighted by Gasteiger charge is 2.24. The van der Waals surface area contributed by atoms with E-state index in [4.69, 9.17) is 0 Å². The molecule has 1 saturated heterocycles. The molecule has 3 rings (SSSR count). The summed E-state index contributed by atoms with van der Waals surface area (Å²) in [4.78, 5) is 39.0. The second-order valence-corrected chi connectivity index (χ2v) is 6.28. The normalized spacial score (nSPS) is 17.5. The third-order valence-electron chi connectivity index (χ3n) is 4.45. The standard InChI is InChI=1S/C18H22N4O3/c1-14-11-19-8-10-21(14)17(24)13-22-16(23)7-9-20(18(22)25)12-15-5-3-2-4-6-15/h2-7,9,14,19H,8,10-13H2,1H3/t14-/m1/s1. The number of rotatable bonds is 4. The number of aromatic nitrogens is 2. The van der Waals surface area contributed by atoms with E-state index in [1.54, 1.807) is 4.90 Å². The van der Waals surface area contributed by atoms with Crippen LogP contribution in [0.3, 0.4) is 0 Å². The average Bonchev–Trinajstić information content (AvgIpc) is 2.62. The average molecular weight is 342 g/mol. The zero-order valence-electron chi connectivity index (χ0n) is 14.2. The van der Waals surface area contributed by atoms with E-state index < -0.39 is 11.2 Å². The van der Waals surface area contributed by atoms with Gasteiger partial charge in [-0.1, -0.05) is 30.3 Å². The van der Waals surface area contributed by atoms with Crippen LogP contribution < -0.4 is 16.6 Å². The molecule has 1 atom stereocenters. The summed E-state index contributed by atoms with van der Waals surface area (Å²) in [5, 5.41) is 3.21. The maximum Gasteiger partial charge on any atom is 0.331 e. The molecule has 2 heterocycles. The summed E-state index contributed by atoms with van der Waals surface area (Å²) in [7, 11) is 0. The lowest BCUT2D eigenvalue weighted by Gasteiger charge is -2.34. The van der Waals surface area contributed by atoms with E-state index in [1.165, 1.54) is 16.8 Å². The van der Waals surface area contributed by atoms with Crippen LogP contribution in [-0.4, -0.2) is 45.6 Å². The fourth-order valence-electron chi connectivity index (χ4n) is 3.04. The Kier molecular flexibility index (Phi) is 5.14. The maximum absolute atomic E-state index is 12.6. The number of nitrogens with one attached hydrogen (secondary N) is 1. The van der Waals surface area contributed by atoms with E-state index in [2.05, 4.69) is 5.32 Å². The number of hydrogen-bond donors (Lipinski definition) is 1. The Morgan fingerprint density at radius 1 is 1.20 bits per heavy atom. The quantitative estimate of drug-likeness (QED) is 0.840. The van der Waals surface area contributed by atoms with Crippen LogP contribution in [0.2, 0.25) is 0 Å². The van der Waals surface area contributed by atoms with Gasteiger partial charge in [0.25, 0.3) is 5.56 Å². The SMILES string of the molecule is C[C@@H]1CNCCN1C(=O)Cn1c(=O)ccn(Cc2ccccc2)c1=O. The first-order valence-electron chi connectivity index (χ1n) is 8.40. The van der Waals surface area contributed by atoms with Crippen molar-refractivity contribution in [3.05, 3.63) is 69.0 Å². The van der Waals surface area contributed by atoms with Crippen LogP contribution in [0.5, 0.6) is 0 Å². The summed E-state index contributed by atoms with van der Waals surface area (Å²) in [6.07, 6.45) is 1.48. The number of piperazine rings is 1. The Hall–Kier alpha value is -2.67. The fourth-order valence-corrected chi connectivity index (χ4v) is 3.04. The molecule has 1 aromatic heterocycles. The maximum atomic E-state index is 12.6. The van der Waals surface area contributed by atoms with Crippen molar-refractivity contribution in [3.63, 3.8) is 0 Å². The van der Waals surface area contributed by atoms with Gasteiger partial charge in [0.05, 0.1) is 6.54 Å². The minimum Gasteiger partial charge on any atom is -0.336 e. The van der Waals surface area contributed by atoms with E-state index in [-0.39, 0.29) is 18.5 Å². The minimum atomic E-state index is -0.465. The molecule has 1 fully saturated rings. The summed E-state index contributed by atoms with van der Waals surface area (Å²) in [6, 6.07) is 10.9. The zero-order chi connectivity index (χ0) is 17.8. The predicted molar refractivity (Wildman–Crippen MR) is 94.6 cm³/mol. The third kappa shape index (κ3) is 3.88. The van der Waals surface area contributed by atoms with Crippen molar-refractivity contribution in [1.82, 2.24) is 19.4 Å². The molecule has 0 bridgehead atoms. The van der Waals surface area contributed by atoms with Gasteiger partial charge in [-0.3, -0.25) is 18.7 Å². The summed E-state index contributed by atoms with van der Waals surface area (Å²) in [5.41, 5.74) is 0.0368. The van der Waals surface area contributed by atoms with Gasteiger partial charge in [-0.2, -0.15) is 0 Å². The van der Waals surface area contributed by atoms with Crippen LogP contribution in [0.15, 0.2) is 52.2 Å². The Labute approximate surface area is 145 Å². The Bertz CT molecular complexity index is 857. The van der Waals surface area contributed by atoms with Crippen molar-refractivity contribution < 1.29 is 4.79 Å². The summed E-state index contributed by atoms with van der Waals surface area (Å²) >= 11 is 0. The molecular formula is C18H22N4O3. The van der Waals surface area contributed by atoms with Gasteiger partial charge in [0.1, 0.15) is 6.54 Å². The second kappa shape index (κ2) is 7.48. The lowest BCUT2D eigenvalue weighted by atomic mass is 10.2. The van der Waals surface area contributed by atoms with E-state index in [1.807, 2.05) is 37.3 Å². The Balaban J connectivity index is 1.83. The molecule has 25 heavy (non-hydrogen) atoms. The first-order valence-corrected chi connectivity index (χ1v) is 8.40. The van der Waals surface area contributed by atoms with E-state index in [9.17, 15) is 14.4 Å². The number of carbonyl (C=O) groups is 1. The Morgan fingerprint density at radius 3 is 2.68 bits per heavy atom. The number of amides is 1. The molecular weight excluding hydrogens is 320 g/mol. The molecule has 0 aliphatic carbocycles. The molecule has 1 aliphatic heterocycles. The van der Waals surface area contributed by atoms with Crippen molar-refractivity contribution in [2.45, 2.75) is 26.1 Å². The number of nitrogens with zero attached hydrogens (tertiary/aromatic N) is 3. The van der Waals surface area contributed by atoms with E-state index in [0.717, 1.165) is 16.7 Å². The van der Waals surface area contributed by atoms with E-state index in [0.29, 0.717) is 19.6 Å². The molecule has 1 aliphatic rings. The smallest absolute Gasteiger partial charge is 0.331 e. The van der Waals surface area contributed by atoms with Crippen molar-refractivity contribution in [2.75, 3.05) is 19.6 Å². The van der Waals surface area contributed by atoms with Gasteiger partial charge < -0.3 is 10.2 Å². The fraction of sp³-hybridized carbons (Fsp3) is 0.389. The highest BCUT2D eigenvalue weighted by atomic mass is 16.2. The molecule has 1 N–H and O–H groups in total. The van der Waals surface area contributed by atoms with Crippen LogP contribution in [0, 0.1) is 0 Å². The molecule has 1 aromatic carbocycles. The topological polar surface area (TPSA) is 76.3 Å². The van der Waals surface area contributed by atoms with Gasteiger partial charge in [0.2, 0.25) is 5.91 Å². The van der Waals surface area contributed by atoms with Gasteiger partial charge in [-0.15, -0.1) is 0 Å². The van der Waals surface area contributed by atoms with Crippen molar-refractivity contribution in [2.24, 2.45) is 0 Å². The van der Waals surface area contributed by atoms with Gasteiger partial charge >= 0.3 is 5.69 Å². The molecule has 0 saturated carbocycles. The molecule has 0 radical (unpaired) electrons. The lowest BCUT2D eigenvalue weighted by molar-refractivity contribution is -0.134. The molecule has 7 nitrogen and oxygen atoms in total. The van der Waals surface area contributed by atoms with Crippen molar-refractivity contribution in [3.8, 4) is 0 Å². The van der Waals surface area contributed by atoms with Crippen molar-refractivity contribution >= 4 is 5.91 Å². The highest BCUT2D eigenvalue weighted by Crippen LogP contribution is 2.04. The van der Waals surface area contributed by atoms with Crippen LogP contribution in [0.25, 0.3) is 0 Å². The van der Waals surface area contributed by atoms with Gasteiger partial charge in [-0.05, 0) is 12.5 Å². The molecule has 0 spiro atoms. The zero-order valence-corrected chi connectivity index (χ0v) is 14.2. The van der Waals surface area contributed by atoms with Crippen LogP contribution in [0.4, 0.5) is 0 Å². The largest absolute Gasteiger partial charge is 0.336 e. The molecule has 7 heteroatoms. The first-order chi connectivity index (χ1) is 12.1. The molecule has 2 aromatic rings. The van der Waals surface area contributed by atoms with Crippen molar-refractivity contribution in [1.29, 1.82) is 0 Å². The minimum absolute atomic E-state index is 0.0483. The molecule has 0 unspecified atom stereocenters. The highest BCUT2D eigenvalue weighted by molar-refractivity contribution is 5.76. The Morgan fingerprint density at radius 2 is 1.96 bits per heavy atom. The summed E-state index contributed by atoms with van der Waals surface area (Å²) in [6.45, 7) is 4.10. The lowest BCUT2D eigenvalue weighted by Crippen LogP contribution is -2.54. The number of benzene rings is 1. The second-order valence-electron chi connectivity index (χ2n) is 6.28. The number of hydrogen-bond acceptors (Lipinski definition) is 4. The monoisotopic (exact) mass is 342 g/mol. The first kappa shape index (κ1) is 17.2. The molecule has 132 valence electrons. The third-order valence-corrected chi connectivity index (χ3v) is 4.45. The van der Waals surface area contributed by atoms with Crippen LogP contribution in [-0.2, 0) is 17.9 Å². The van der Waals surface area contributed by atoms with Gasteiger partial charge in [-0.25, -0.2) is 4.79 Å². The van der Waals surface area contributed by atoms with Gasteiger partial charge in [0, 0.05) is 37.9 Å². The van der Waals surface area contributed by atoms with Crippen LogP contribution >= 0.6 is 0 Å².